The number of hydrogen-bond acceptors (Lipinski definition) is 4. The molecular weight excluding hydrogens is 286 g/mol. The van der Waals surface area contributed by atoms with E-state index in [0.717, 1.165) is 16.9 Å². The van der Waals surface area contributed by atoms with Crippen LogP contribution < -0.4 is 5.32 Å². The number of aromatic nitrogens is 2. The summed E-state index contributed by atoms with van der Waals surface area (Å²) in [5.74, 6) is 1.18. The fraction of sp³-hybridized carbons (Fsp3) is 0.417. The third-order valence-electron chi connectivity index (χ3n) is 3.23. The van der Waals surface area contributed by atoms with Gasteiger partial charge in [-0.25, -0.2) is 13.4 Å². The van der Waals surface area contributed by atoms with Crippen molar-refractivity contribution in [2.75, 3.05) is 18.1 Å². The monoisotopic (exact) mass is 299 g/mol. The maximum absolute atomic E-state index is 11.6. The molecular formula is C12H14ClN3O2S. The molecule has 0 aliphatic carbocycles. The molecule has 0 bridgehead atoms. The highest BCUT2D eigenvalue weighted by atomic mass is 35.5. The number of benzene rings is 1. The summed E-state index contributed by atoms with van der Waals surface area (Å²) in [5, 5.41) is 3.87. The highest BCUT2D eigenvalue weighted by molar-refractivity contribution is 7.91. The lowest BCUT2D eigenvalue weighted by molar-refractivity contribution is 0.510. The first-order valence-electron chi connectivity index (χ1n) is 6.10. The van der Waals surface area contributed by atoms with E-state index in [0.29, 0.717) is 18.0 Å². The maximum Gasteiger partial charge on any atom is 0.153 e. The van der Waals surface area contributed by atoms with Crippen LogP contribution in [-0.2, 0) is 16.3 Å². The summed E-state index contributed by atoms with van der Waals surface area (Å²) in [7, 11) is -2.91. The summed E-state index contributed by atoms with van der Waals surface area (Å²) in [6.45, 7) is 0.513. The smallest absolute Gasteiger partial charge is 0.153 e. The van der Waals surface area contributed by atoms with Gasteiger partial charge in [0.05, 0.1) is 22.5 Å². The molecule has 1 unspecified atom stereocenters. The summed E-state index contributed by atoms with van der Waals surface area (Å²) >= 11 is 5.92. The Balaban J connectivity index is 1.81. The molecule has 2 N–H and O–H groups in total. The first kappa shape index (κ1) is 12.9. The summed E-state index contributed by atoms with van der Waals surface area (Å²) in [6, 6.07) is 5.38. The largest absolute Gasteiger partial charge is 0.342 e. The Labute approximate surface area is 116 Å². The molecule has 1 atom stereocenters. The molecule has 1 aromatic heterocycles. The van der Waals surface area contributed by atoms with E-state index in [1.807, 2.05) is 12.1 Å². The summed E-state index contributed by atoms with van der Waals surface area (Å²) in [4.78, 5) is 7.63. The number of sulfone groups is 1. The van der Waals surface area contributed by atoms with Crippen LogP contribution in [0.25, 0.3) is 11.0 Å². The van der Waals surface area contributed by atoms with E-state index in [-0.39, 0.29) is 17.5 Å². The van der Waals surface area contributed by atoms with Gasteiger partial charge in [-0.2, -0.15) is 0 Å². The Morgan fingerprint density at radius 2 is 2.26 bits per heavy atom. The minimum absolute atomic E-state index is 0.0743. The molecule has 1 fully saturated rings. The van der Waals surface area contributed by atoms with Gasteiger partial charge in [0.1, 0.15) is 5.82 Å². The topological polar surface area (TPSA) is 74.8 Å². The van der Waals surface area contributed by atoms with Gasteiger partial charge in [-0.05, 0) is 18.2 Å². The Hall–Kier alpha value is -1.11. The Morgan fingerprint density at radius 1 is 1.42 bits per heavy atom. The predicted molar refractivity (Wildman–Crippen MR) is 75.3 cm³/mol. The maximum atomic E-state index is 11.6. The van der Waals surface area contributed by atoms with Crippen molar-refractivity contribution in [3.63, 3.8) is 0 Å². The lowest BCUT2D eigenvalue weighted by atomic mass is 10.2. The van der Waals surface area contributed by atoms with E-state index < -0.39 is 9.84 Å². The van der Waals surface area contributed by atoms with E-state index >= 15 is 0 Å². The lowest BCUT2D eigenvalue weighted by Gasteiger charge is -2.22. The van der Waals surface area contributed by atoms with Gasteiger partial charge in [-0.1, -0.05) is 11.6 Å². The highest BCUT2D eigenvalue weighted by Gasteiger charge is 2.25. The van der Waals surface area contributed by atoms with Crippen molar-refractivity contribution in [2.24, 2.45) is 0 Å². The lowest BCUT2D eigenvalue weighted by Crippen LogP contribution is -2.46. The fourth-order valence-electron chi connectivity index (χ4n) is 2.36. The molecule has 102 valence electrons. The van der Waals surface area contributed by atoms with Crippen LogP contribution in [0.5, 0.6) is 0 Å². The zero-order chi connectivity index (χ0) is 13.5. The molecule has 1 aliphatic rings. The molecule has 3 rings (SSSR count). The summed E-state index contributed by atoms with van der Waals surface area (Å²) < 4.78 is 23.2. The zero-order valence-electron chi connectivity index (χ0n) is 10.2. The van der Waals surface area contributed by atoms with Crippen molar-refractivity contribution < 1.29 is 8.42 Å². The SMILES string of the molecule is O=S1(=O)CCNC(Cc2nc3ccc(Cl)cc3[nH]2)C1. The van der Waals surface area contributed by atoms with Crippen molar-refractivity contribution in [1.82, 2.24) is 15.3 Å². The molecule has 1 saturated heterocycles. The molecule has 2 heterocycles. The van der Waals surface area contributed by atoms with E-state index in [1.165, 1.54) is 0 Å². The van der Waals surface area contributed by atoms with Gasteiger partial charge in [0.15, 0.2) is 9.84 Å². The van der Waals surface area contributed by atoms with Gasteiger partial charge in [0.2, 0.25) is 0 Å². The number of aromatic amines is 1. The summed E-state index contributed by atoms with van der Waals surface area (Å²) in [6.07, 6.45) is 0.575. The Kier molecular flexibility index (Phi) is 3.24. The molecule has 0 saturated carbocycles. The predicted octanol–water partition coefficient (Wildman–Crippen LogP) is 1.15. The molecule has 5 nitrogen and oxygen atoms in total. The number of hydrogen-bond donors (Lipinski definition) is 2. The first-order valence-corrected chi connectivity index (χ1v) is 8.30. The van der Waals surface area contributed by atoms with Crippen LogP contribution in [0.15, 0.2) is 18.2 Å². The molecule has 0 amide bonds. The standard InChI is InChI=1S/C12H14ClN3O2S/c13-8-1-2-10-11(5-8)16-12(15-10)6-9-7-19(17,18)4-3-14-9/h1-2,5,9,14H,3-4,6-7H2,(H,15,16). The molecule has 19 heavy (non-hydrogen) atoms. The van der Waals surface area contributed by atoms with Crippen molar-refractivity contribution in [1.29, 1.82) is 0 Å². The molecule has 1 aliphatic heterocycles. The van der Waals surface area contributed by atoms with Crippen molar-refractivity contribution >= 4 is 32.5 Å². The van der Waals surface area contributed by atoms with Crippen LogP contribution in [0, 0.1) is 0 Å². The minimum Gasteiger partial charge on any atom is -0.342 e. The fourth-order valence-corrected chi connectivity index (χ4v) is 3.98. The van der Waals surface area contributed by atoms with Gasteiger partial charge in [-0.15, -0.1) is 0 Å². The Bertz CT molecular complexity index is 711. The van der Waals surface area contributed by atoms with Crippen LogP contribution in [-0.4, -0.2) is 42.5 Å². The molecule has 7 heteroatoms. The third-order valence-corrected chi connectivity index (χ3v) is 5.21. The number of H-pyrrole nitrogens is 1. The van der Waals surface area contributed by atoms with Gasteiger partial charge < -0.3 is 10.3 Å². The van der Waals surface area contributed by atoms with Crippen LogP contribution in [0.4, 0.5) is 0 Å². The number of nitrogens with one attached hydrogen (secondary N) is 2. The zero-order valence-corrected chi connectivity index (χ0v) is 11.8. The van der Waals surface area contributed by atoms with Crippen LogP contribution in [0.3, 0.4) is 0 Å². The third kappa shape index (κ3) is 2.91. The summed E-state index contributed by atoms with van der Waals surface area (Å²) in [5.41, 5.74) is 1.72. The number of imidazole rings is 1. The second-order valence-electron chi connectivity index (χ2n) is 4.81. The van der Waals surface area contributed by atoms with Crippen molar-refractivity contribution in [2.45, 2.75) is 12.5 Å². The second kappa shape index (κ2) is 4.77. The Morgan fingerprint density at radius 3 is 3.05 bits per heavy atom. The number of fused-ring (bicyclic) bond motifs is 1. The minimum atomic E-state index is -2.91. The first-order chi connectivity index (χ1) is 9.02. The molecule has 2 aromatic rings. The van der Waals surface area contributed by atoms with Crippen molar-refractivity contribution in [3.05, 3.63) is 29.0 Å². The van der Waals surface area contributed by atoms with Crippen molar-refractivity contribution in [3.8, 4) is 0 Å². The number of nitrogens with zero attached hydrogens (tertiary/aromatic N) is 1. The van der Waals surface area contributed by atoms with E-state index in [9.17, 15) is 8.42 Å². The van der Waals surface area contributed by atoms with Crippen LogP contribution in [0.1, 0.15) is 5.82 Å². The average molecular weight is 300 g/mol. The number of rotatable bonds is 2. The van der Waals surface area contributed by atoms with Gasteiger partial charge in [-0.3, -0.25) is 0 Å². The van der Waals surface area contributed by atoms with E-state index in [1.54, 1.807) is 6.07 Å². The molecule has 0 radical (unpaired) electrons. The van der Waals surface area contributed by atoms with Gasteiger partial charge in [0.25, 0.3) is 0 Å². The van der Waals surface area contributed by atoms with Crippen LogP contribution in [0.2, 0.25) is 5.02 Å². The van der Waals surface area contributed by atoms with E-state index in [2.05, 4.69) is 15.3 Å². The van der Waals surface area contributed by atoms with Gasteiger partial charge >= 0.3 is 0 Å². The molecule has 0 spiro atoms. The normalized spacial score (nSPS) is 22.7. The quantitative estimate of drug-likeness (QED) is 0.872. The van der Waals surface area contributed by atoms with Gasteiger partial charge in [0, 0.05) is 24.0 Å². The molecule has 1 aromatic carbocycles. The highest BCUT2D eigenvalue weighted by Crippen LogP contribution is 2.18. The number of halogens is 1. The second-order valence-corrected chi connectivity index (χ2v) is 7.48. The van der Waals surface area contributed by atoms with Crippen LogP contribution >= 0.6 is 11.6 Å². The average Bonchev–Trinajstić information content (AvgIpc) is 2.68. The van der Waals surface area contributed by atoms with E-state index in [4.69, 9.17) is 11.6 Å².